The quantitative estimate of drug-likeness (QED) is 0.495. The molecule has 2 aromatic rings. The second-order valence-corrected chi connectivity index (χ2v) is 8.84. The van der Waals surface area contributed by atoms with Crippen molar-refractivity contribution < 1.29 is 13.6 Å². The molecule has 0 bridgehead atoms. The molecule has 0 spiro atoms. The molecule has 2 aromatic carbocycles. The average Bonchev–Trinajstić information content (AvgIpc) is 2.56. The third-order valence-electron chi connectivity index (χ3n) is 2.92. The Bertz CT molecular complexity index is 661. The van der Waals surface area contributed by atoms with E-state index in [2.05, 4.69) is 12.1 Å². The summed E-state index contributed by atoms with van der Waals surface area (Å²) in [5.74, 6) is 1.70. The summed E-state index contributed by atoms with van der Waals surface area (Å²) in [6.07, 6.45) is 0. The summed E-state index contributed by atoms with van der Waals surface area (Å²) >= 11 is 0.0203. The molecule has 0 aliphatic rings. The molecule has 5 heteroatoms. The molecule has 0 radical (unpaired) electrons. The molecular weight excluding hydrogens is 374 g/mol. The normalized spacial score (nSPS) is 12.3. The van der Waals surface area contributed by atoms with E-state index in [9.17, 15) is 4.57 Å². The van der Waals surface area contributed by atoms with Gasteiger partial charge in [0.2, 0.25) is 0 Å². The molecule has 0 atom stereocenters. The van der Waals surface area contributed by atoms with Crippen molar-refractivity contribution in [1.29, 1.82) is 0 Å². The molecule has 2 rings (SSSR count). The predicted octanol–water partition coefficient (Wildman–Crippen LogP) is 4.28. The third kappa shape index (κ3) is 5.76. The van der Waals surface area contributed by atoms with Gasteiger partial charge in [0.15, 0.2) is 0 Å². The van der Waals surface area contributed by atoms with Crippen LogP contribution in [0.3, 0.4) is 0 Å². The fraction of sp³-hybridized carbons (Fsp3) is 0.222. The SMILES string of the molecule is CCOP(=O)(/C=C(\[Se]c1ccccc1)c1ccccc1)OCC. The third-order valence-corrected chi connectivity index (χ3v) is 7.39. The topological polar surface area (TPSA) is 35.5 Å². The van der Waals surface area contributed by atoms with E-state index in [1.54, 1.807) is 5.82 Å². The summed E-state index contributed by atoms with van der Waals surface area (Å²) < 4.78 is 26.0. The van der Waals surface area contributed by atoms with Crippen molar-refractivity contribution in [3.05, 3.63) is 72.0 Å². The molecule has 0 aromatic heterocycles. The molecule has 0 aliphatic carbocycles. The van der Waals surface area contributed by atoms with Gasteiger partial charge >= 0.3 is 144 Å². The van der Waals surface area contributed by atoms with Crippen molar-refractivity contribution in [3.63, 3.8) is 0 Å². The van der Waals surface area contributed by atoms with Crippen LogP contribution < -0.4 is 4.46 Å². The van der Waals surface area contributed by atoms with Gasteiger partial charge < -0.3 is 0 Å². The minimum atomic E-state index is -3.22. The fourth-order valence-electron chi connectivity index (χ4n) is 1.99. The van der Waals surface area contributed by atoms with E-state index in [1.165, 1.54) is 4.46 Å². The molecule has 0 N–H and O–H groups in total. The van der Waals surface area contributed by atoms with Crippen molar-refractivity contribution in [2.24, 2.45) is 0 Å². The zero-order valence-corrected chi connectivity index (χ0v) is 16.0. The van der Waals surface area contributed by atoms with E-state index < -0.39 is 7.60 Å². The molecule has 0 saturated heterocycles. The Hall–Kier alpha value is -1.15. The van der Waals surface area contributed by atoms with E-state index in [4.69, 9.17) is 9.05 Å². The molecule has 0 saturated carbocycles. The van der Waals surface area contributed by atoms with Crippen LogP contribution in [0, 0.1) is 0 Å². The van der Waals surface area contributed by atoms with E-state index in [1.807, 2.05) is 62.4 Å². The zero-order chi connectivity index (χ0) is 16.5. The number of rotatable bonds is 8. The predicted molar refractivity (Wildman–Crippen MR) is 97.1 cm³/mol. The average molecular weight is 395 g/mol. The van der Waals surface area contributed by atoms with E-state index in [-0.39, 0.29) is 15.0 Å². The first-order valence-electron chi connectivity index (χ1n) is 7.57. The van der Waals surface area contributed by atoms with Crippen molar-refractivity contribution >= 4 is 31.5 Å². The number of hydrogen-bond donors (Lipinski definition) is 0. The van der Waals surface area contributed by atoms with Crippen LogP contribution in [0.1, 0.15) is 19.4 Å². The zero-order valence-electron chi connectivity index (χ0n) is 13.3. The van der Waals surface area contributed by atoms with Gasteiger partial charge in [0.05, 0.1) is 0 Å². The minimum absolute atomic E-state index is 0.0203. The van der Waals surface area contributed by atoms with Gasteiger partial charge in [-0.15, -0.1) is 0 Å². The fourth-order valence-corrected chi connectivity index (χ4v) is 6.25. The van der Waals surface area contributed by atoms with Gasteiger partial charge in [0, 0.05) is 0 Å². The molecule has 0 aliphatic heterocycles. The first-order valence-corrected chi connectivity index (χ1v) is 10.9. The van der Waals surface area contributed by atoms with E-state index >= 15 is 0 Å². The van der Waals surface area contributed by atoms with E-state index in [0.717, 1.165) is 10.0 Å². The summed E-state index contributed by atoms with van der Waals surface area (Å²) in [4.78, 5) is 0. The van der Waals surface area contributed by atoms with Gasteiger partial charge in [0.25, 0.3) is 0 Å². The molecule has 0 amide bonds. The van der Waals surface area contributed by atoms with Crippen molar-refractivity contribution in [2.75, 3.05) is 13.2 Å². The van der Waals surface area contributed by atoms with Crippen LogP contribution in [0.4, 0.5) is 0 Å². The van der Waals surface area contributed by atoms with Gasteiger partial charge in [-0.05, 0) is 0 Å². The Labute approximate surface area is 144 Å². The molecule has 3 nitrogen and oxygen atoms in total. The second kappa shape index (κ2) is 9.22. The summed E-state index contributed by atoms with van der Waals surface area (Å²) in [6, 6.07) is 20.2. The summed E-state index contributed by atoms with van der Waals surface area (Å²) in [5, 5.41) is 0. The Kier molecular flexibility index (Phi) is 7.29. The number of benzene rings is 2. The van der Waals surface area contributed by atoms with Gasteiger partial charge in [-0.25, -0.2) is 0 Å². The molecule has 0 fully saturated rings. The van der Waals surface area contributed by atoms with Crippen LogP contribution in [-0.4, -0.2) is 28.2 Å². The monoisotopic (exact) mass is 396 g/mol. The van der Waals surface area contributed by atoms with Gasteiger partial charge in [-0.1, -0.05) is 0 Å². The number of hydrogen-bond acceptors (Lipinski definition) is 3. The van der Waals surface area contributed by atoms with Gasteiger partial charge in [0.1, 0.15) is 0 Å². The summed E-state index contributed by atoms with van der Waals surface area (Å²) in [6.45, 7) is 4.36. The molecule has 23 heavy (non-hydrogen) atoms. The first-order chi connectivity index (χ1) is 11.2. The van der Waals surface area contributed by atoms with Crippen LogP contribution in [0.15, 0.2) is 66.5 Å². The molecular formula is C18H21O3PSe. The Morgan fingerprint density at radius 3 is 2.00 bits per heavy atom. The Morgan fingerprint density at radius 1 is 0.957 bits per heavy atom. The Morgan fingerprint density at radius 2 is 1.48 bits per heavy atom. The van der Waals surface area contributed by atoms with E-state index in [0.29, 0.717) is 13.2 Å². The molecule has 122 valence electrons. The first kappa shape index (κ1) is 18.2. The standard InChI is InChI=1S/C18H21O3PSe/c1-3-20-22(19,21-4-2)15-18(16-11-7-5-8-12-16)23-17-13-9-6-10-14-17/h5-15H,3-4H2,1-2H3/b18-15-. The molecule has 0 heterocycles. The van der Waals surface area contributed by atoms with Gasteiger partial charge in [-0.3, -0.25) is 0 Å². The van der Waals surface area contributed by atoms with Crippen LogP contribution in [0.25, 0.3) is 4.47 Å². The van der Waals surface area contributed by atoms with Crippen molar-refractivity contribution in [2.45, 2.75) is 13.8 Å². The Balaban J connectivity index is 2.40. The van der Waals surface area contributed by atoms with Crippen molar-refractivity contribution in [1.82, 2.24) is 0 Å². The maximum atomic E-state index is 12.9. The summed E-state index contributed by atoms with van der Waals surface area (Å²) in [7, 11) is -3.22. The van der Waals surface area contributed by atoms with Gasteiger partial charge in [-0.2, -0.15) is 0 Å². The van der Waals surface area contributed by atoms with Crippen molar-refractivity contribution in [3.8, 4) is 0 Å². The maximum absolute atomic E-state index is 12.9. The summed E-state index contributed by atoms with van der Waals surface area (Å²) in [5.41, 5.74) is 1.05. The van der Waals surface area contributed by atoms with Crippen LogP contribution >= 0.6 is 7.60 Å². The van der Waals surface area contributed by atoms with Crippen LogP contribution in [0.5, 0.6) is 0 Å². The molecule has 0 unspecified atom stereocenters. The van der Waals surface area contributed by atoms with Crippen LogP contribution in [-0.2, 0) is 13.6 Å². The van der Waals surface area contributed by atoms with Crippen LogP contribution in [0.2, 0.25) is 0 Å². The second-order valence-electron chi connectivity index (χ2n) is 4.65.